The third-order valence-corrected chi connectivity index (χ3v) is 5.09. The maximum absolute atomic E-state index is 5.85. The topological polar surface area (TPSA) is 9.23 Å². The van der Waals surface area contributed by atoms with Crippen molar-refractivity contribution >= 4 is 0 Å². The lowest BCUT2D eigenvalue weighted by Gasteiger charge is -2.59. The zero-order valence-electron chi connectivity index (χ0n) is 9.04. The average molecular weight is 192 g/mol. The molecule has 0 atom stereocenters. The first-order chi connectivity index (χ1) is 6.78. The molecule has 0 aromatic heterocycles. The van der Waals surface area contributed by atoms with E-state index in [0.717, 1.165) is 23.7 Å². The zero-order valence-corrected chi connectivity index (χ0v) is 9.04. The van der Waals surface area contributed by atoms with E-state index in [1.807, 2.05) is 7.11 Å². The average Bonchev–Trinajstić information content (AvgIpc) is 2.18. The molecule has 14 heavy (non-hydrogen) atoms. The second-order valence-corrected chi connectivity index (χ2v) is 5.57. The van der Waals surface area contributed by atoms with E-state index in [1.54, 1.807) is 0 Å². The minimum absolute atomic E-state index is 0.0490. The molecule has 0 spiro atoms. The van der Waals surface area contributed by atoms with Crippen molar-refractivity contribution in [1.82, 2.24) is 0 Å². The van der Waals surface area contributed by atoms with E-state index in [1.165, 1.54) is 32.1 Å². The highest BCUT2D eigenvalue weighted by atomic mass is 16.5. The van der Waals surface area contributed by atoms with Crippen LogP contribution in [-0.2, 0) is 4.74 Å². The molecule has 0 heterocycles. The Bertz CT molecular complexity index is 228. The van der Waals surface area contributed by atoms with Crippen molar-refractivity contribution < 1.29 is 4.74 Å². The van der Waals surface area contributed by atoms with Crippen molar-refractivity contribution in [3.05, 3.63) is 12.7 Å². The third-order valence-electron chi connectivity index (χ3n) is 5.09. The summed E-state index contributed by atoms with van der Waals surface area (Å²) in [7, 11) is 1.88. The van der Waals surface area contributed by atoms with Crippen LogP contribution in [-0.4, -0.2) is 12.7 Å². The fourth-order valence-electron chi connectivity index (χ4n) is 4.67. The molecule has 4 bridgehead atoms. The van der Waals surface area contributed by atoms with E-state index in [-0.39, 0.29) is 5.60 Å². The van der Waals surface area contributed by atoms with E-state index >= 15 is 0 Å². The van der Waals surface area contributed by atoms with E-state index in [9.17, 15) is 0 Å². The van der Waals surface area contributed by atoms with Crippen LogP contribution in [0.4, 0.5) is 0 Å². The number of ether oxygens (including phenoxy) is 1. The first kappa shape index (κ1) is 8.96. The van der Waals surface area contributed by atoms with Gasteiger partial charge in [0.25, 0.3) is 0 Å². The molecule has 78 valence electrons. The van der Waals surface area contributed by atoms with Gasteiger partial charge in [0.2, 0.25) is 0 Å². The molecule has 0 aromatic carbocycles. The molecule has 1 nitrogen and oxygen atoms in total. The number of methoxy groups -OCH3 is 1. The molecule has 0 aromatic rings. The Hall–Kier alpha value is -0.300. The van der Waals surface area contributed by atoms with Gasteiger partial charge in [-0.05, 0) is 55.8 Å². The van der Waals surface area contributed by atoms with Gasteiger partial charge in [-0.3, -0.25) is 0 Å². The third kappa shape index (κ3) is 0.942. The Morgan fingerprint density at radius 1 is 1.07 bits per heavy atom. The Kier molecular flexibility index (Phi) is 1.82. The van der Waals surface area contributed by atoms with Crippen LogP contribution in [0.1, 0.15) is 32.1 Å². The highest BCUT2D eigenvalue weighted by molar-refractivity contribution is 5.15. The van der Waals surface area contributed by atoms with Gasteiger partial charge in [0.1, 0.15) is 0 Å². The van der Waals surface area contributed by atoms with E-state index < -0.39 is 0 Å². The van der Waals surface area contributed by atoms with Crippen LogP contribution in [0.25, 0.3) is 0 Å². The van der Waals surface area contributed by atoms with Gasteiger partial charge < -0.3 is 4.74 Å². The largest absolute Gasteiger partial charge is 0.374 e. The summed E-state index contributed by atoms with van der Waals surface area (Å²) < 4.78 is 5.85. The molecule has 4 saturated carbocycles. The van der Waals surface area contributed by atoms with Crippen molar-refractivity contribution in [2.75, 3.05) is 7.11 Å². The van der Waals surface area contributed by atoms with Gasteiger partial charge in [0.15, 0.2) is 0 Å². The van der Waals surface area contributed by atoms with Crippen molar-refractivity contribution in [2.45, 2.75) is 37.7 Å². The fourth-order valence-corrected chi connectivity index (χ4v) is 4.67. The summed E-state index contributed by atoms with van der Waals surface area (Å²) in [6.07, 6.45) is 9.20. The van der Waals surface area contributed by atoms with Crippen LogP contribution in [0, 0.1) is 23.7 Å². The van der Waals surface area contributed by atoms with Crippen molar-refractivity contribution in [2.24, 2.45) is 23.7 Å². The highest BCUT2D eigenvalue weighted by Gasteiger charge is 2.56. The monoisotopic (exact) mass is 192 g/mol. The van der Waals surface area contributed by atoms with Crippen LogP contribution in [0.15, 0.2) is 12.7 Å². The molecule has 0 unspecified atom stereocenters. The van der Waals surface area contributed by atoms with Gasteiger partial charge in [-0.25, -0.2) is 0 Å². The summed E-state index contributed by atoms with van der Waals surface area (Å²) in [6, 6.07) is 0. The summed E-state index contributed by atoms with van der Waals surface area (Å²) in [6.45, 7) is 4.02. The Balaban J connectivity index is 1.97. The molecule has 0 amide bonds. The van der Waals surface area contributed by atoms with Crippen molar-refractivity contribution in [1.29, 1.82) is 0 Å². The molecule has 0 saturated heterocycles. The Labute approximate surface area is 86.5 Å². The smallest absolute Gasteiger partial charge is 0.0912 e. The predicted octanol–water partition coefficient (Wildman–Crippen LogP) is 3.01. The molecule has 1 heteroatoms. The molecule has 4 aliphatic rings. The maximum Gasteiger partial charge on any atom is 0.0912 e. The van der Waals surface area contributed by atoms with Gasteiger partial charge in [-0.15, -0.1) is 6.58 Å². The van der Waals surface area contributed by atoms with Gasteiger partial charge in [0, 0.05) is 7.11 Å². The first-order valence-corrected chi connectivity index (χ1v) is 5.97. The van der Waals surface area contributed by atoms with Crippen LogP contribution < -0.4 is 0 Å². The van der Waals surface area contributed by atoms with Gasteiger partial charge >= 0.3 is 0 Å². The van der Waals surface area contributed by atoms with Gasteiger partial charge in [-0.1, -0.05) is 6.08 Å². The van der Waals surface area contributed by atoms with Gasteiger partial charge in [-0.2, -0.15) is 0 Å². The van der Waals surface area contributed by atoms with Crippen LogP contribution in [0.2, 0.25) is 0 Å². The van der Waals surface area contributed by atoms with E-state index in [4.69, 9.17) is 4.74 Å². The quantitative estimate of drug-likeness (QED) is 0.611. The number of hydrogen-bond donors (Lipinski definition) is 0. The molecule has 0 radical (unpaired) electrons. The normalized spacial score (nSPS) is 54.9. The fraction of sp³-hybridized carbons (Fsp3) is 0.846. The standard InChI is InChI=1S/C13H20O/c1-3-13(14-2)11-5-9-4-10(7-11)8-12(13)6-9/h3,9-12H,1,4-8H2,2H3. The summed E-state index contributed by atoms with van der Waals surface area (Å²) in [4.78, 5) is 0. The Morgan fingerprint density at radius 2 is 1.57 bits per heavy atom. The van der Waals surface area contributed by atoms with Crippen molar-refractivity contribution in [3.8, 4) is 0 Å². The lowest BCUT2D eigenvalue weighted by Crippen LogP contribution is -2.57. The van der Waals surface area contributed by atoms with Gasteiger partial charge in [0.05, 0.1) is 5.60 Å². The summed E-state index contributed by atoms with van der Waals surface area (Å²) in [5, 5.41) is 0. The molecular formula is C13H20O. The molecule has 4 rings (SSSR count). The second kappa shape index (κ2) is 2.85. The lowest BCUT2D eigenvalue weighted by atomic mass is 9.50. The highest BCUT2D eigenvalue weighted by Crippen LogP contribution is 2.59. The second-order valence-electron chi connectivity index (χ2n) is 5.57. The SMILES string of the molecule is C=CC1(OC)C2CC3CC(C2)CC1C3. The number of rotatable bonds is 2. The summed E-state index contributed by atoms with van der Waals surface area (Å²) in [5.41, 5.74) is 0.0490. The zero-order chi connectivity index (χ0) is 9.76. The lowest BCUT2D eigenvalue weighted by molar-refractivity contribution is -0.161. The van der Waals surface area contributed by atoms with Crippen LogP contribution in [0.5, 0.6) is 0 Å². The Morgan fingerprint density at radius 3 is 1.93 bits per heavy atom. The molecule has 0 N–H and O–H groups in total. The molecular weight excluding hydrogens is 172 g/mol. The maximum atomic E-state index is 5.85. The molecule has 0 aliphatic heterocycles. The summed E-state index contributed by atoms with van der Waals surface area (Å²) in [5.74, 6) is 3.59. The number of hydrogen-bond acceptors (Lipinski definition) is 1. The predicted molar refractivity (Wildman–Crippen MR) is 57.0 cm³/mol. The first-order valence-electron chi connectivity index (χ1n) is 5.97. The van der Waals surface area contributed by atoms with E-state index in [2.05, 4.69) is 12.7 Å². The minimum Gasteiger partial charge on any atom is -0.374 e. The van der Waals surface area contributed by atoms with E-state index in [0.29, 0.717) is 0 Å². The van der Waals surface area contributed by atoms with Crippen LogP contribution in [0.3, 0.4) is 0 Å². The summed E-state index contributed by atoms with van der Waals surface area (Å²) >= 11 is 0. The minimum atomic E-state index is 0.0490. The molecule has 4 fully saturated rings. The van der Waals surface area contributed by atoms with Crippen LogP contribution >= 0.6 is 0 Å². The van der Waals surface area contributed by atoms with Crippen molar-refractivity contribution in [3.63, 3.8) is 0 Å². The molecule has 4 aliphatic carbocycles.